The molecule has 1 aliphatic heterocycles. The summed E-state index contributed by atoms with van der Waals surface area (Å²) in [6.45, 7) is 3.29. The van der Waals surface area contributed by atoms with Crippen LogP contribution < -0.4 is 4.90 Å². The van der Waals surface area contributed by atoms with E-state index < -0.39 is 0 Å². The highest BCUT2D eigenvalue weighted by molar-refractivity contribution is 5.76. The number of aliphatic hydroxyl groups is 1. The van der Waals surface area contributed by atoms with Crippen LogP contribution in [0.2, 0.25) is 0 Å². The van der Waals surface area contributed by atoms with Crippen LogP contribution in [0, 0.1) is 11.7 Å². The molecule has 1 aromatic carbocycles. The van der Waals surface area contributed by atoms with Gasteiger partial charge < -0.3 is 10.0 Å². The van der Waals surface area contributed by atoms with Crippen molar-refractivity contribution in [1.29, 1.82) is 0 Å². The molecule has 1 fully saturated rings. The number of aliphatic hydroxyl groups excluding tert-OH is 1. The van der Waals surface area contributed by atoms with E-state index in [-0.39, 0.29) is 11.9 Å². The number of rotatable bonds is 3. The summed E-state index contributed by atoms with van der Waals surface area (Å²) in [5, 5.41) is 9.53. The predicted molar refractivity (Wildman–Crippen MR) is 68.4 cm³/mol. The average molecular weight is 251 g/mol. The molecule has 0 saturated carbocycles. The van der Waals surface area contributed by atoms with Gasteiger partial charge in [-0.1, -0.05) is 0 Å². The molecule has 18 heavy (non-hydrogen) atoms. The van der Waals surface area contributed by atoms with Gasteiger partial charge in [0, 0.05) is 18.7 Å². The topological polar surface area (TPSA) is 40.5 Å². The quantitative estimate of drug-likeness (QED) is 0.837. The van der Waals surface area contributed by atoms with Crippen LogP contribution in [0.5, 0.6) is 0 Å². The molecular formula is C14H18FNO2. The van der Waals surface area contributed by atoms with Gasteiger partial charge in [-0.15, -0.1) is 0 Å². The van der Waals surface area contributed by atoms with E-state index in [9.17, 15) is 14.3 Å². The highest BCUT2D eigenvalue weighted by atomic mass is 19.1. The van der Waals surface area contributed by atoms with Crippen molar-refractivity contribution in [3.05, 3.63) is 29.6 Å². The summed E-state index contributed by atoms with van der Waals surface area (Å²) in [6, 6.07) is 4.55. The number of nitrogens with zero attached hydrogens (tertiary/aromatic N) is 1. The Kier molecular flexibility index (Phi) is 3.97. The summed E-state index contributed by atoms with van der Waals surface area (Å²) in [5.74, 6) is -0.0475. The van der Waals surface area contributed by atoms with E-state index in [4.69, 9.17) is 0 Å². The van der Waals surface area contributed by atoms with Crippen molar-refractivity contribution >= 4 is 12.0 Å². The molecule has 1 N–H and O–H groups in total. The van der Waals surface area contributed by atoms with Gasteiger partial charge in [0.05, 0.1) is 11.8 Å². The first-order valence-corrected chi connectivity index (χ1v) is 6.29. The van der Waals surface area contributed by atoms with Gasteiger partial charge in [-0.25, -0.2) is 4.39 Å². The zero-order valence-corrected chi connectivity index (χ0v) is 10.5. The molecule has 1 aliphatic rings. The van der Waals surface area contributed by atoms with Crippen LogP contribution in [0.1, 0.15) is 30.1 Å². The summed E-state index contributed by atoms with van der Waals surface area (Å²) in [6.07, 6.45) is 2.08. The van der Waals surface area contributed by atoms with Gasteiger partial charge in [0.1, 0.15) is 12.1 Å². The number of carbonyl (C=O) groups is 1. The maximum absolute atomic E-state index is 13.8. The van der Waals surface area contributed by atoms with Gasteiger partial charge in [0.25, 0.3) is 0 Å². The summed E-state index contributed by atoms with van der Waals surface area (Å²) in [7, 11) is 0. The average Bonchev–Trinajstić information content (AvgIpc) is 2.38. The third kappa shape index (κ3) is 2.70. The lowest BCUT2D eigenvalue weighted by atomic mass is 9.92. The van der Waals surface area contributed by atoms with Crippen LogP contribution in [0.15, 0.2) is 18.2 Å². The molecule has 1 atom stereocenters. The van der Waals surface area contributed by atoms with Crippen molar-refractivity contribution < 1.29 is 14.3 Å². The van der Waals surface area contributed by atoms with E-state index in [2.05, 4.69) is 0 Å². The molecule has 2 rings (SSSR count). The Morgan fingerprint density at radius 3 is 2.61 bits per heavy atom. The number of carbonyl (C=O) groups excluding carboxylic acids is 1. The minimum absolute atomic E-state index is 0.297. The number of anilines is 1. The summed E-state index contributed by atoms with van der Waals surface area (Å²) in [4.78, 5) is 12.5. The molecule has 3 nitrogen and oxygen atoms in total. The minimum atomic E-state index is -0.352. The Morgan fingerprint density at radius 2 is 2.11 bits per heavy atom. The van der Waals surface area contributed by atoms with Crippen molar-refractivity contribution in [2.75, 3.05) is 18.0 Å². The van der Waals surface area contributed by atoms with Crippen molar-refractivity contribution in [2.45, 2.75) is 25.9 Å². The van der Waals surface area contributed by atoms with Gasteiger partial charge in [-0.3, -0.25) is 4.79 Å². The molecule has 1 heterocycles. The number of aldehydes is 1. The van der Waals surface area contributed by atoms with Crippen LogP contribution >= 0.6 is 0 Å². The molecule has 0 aromatic heterocycles. The zero-order chi connectivity index (χ0) is 13.1. The van der Waals surface area contributed by atoms with Crippen molar-refractivity contribution in [3.63, 3.8) is 0 Å². The largest absolute Gasteiger partial charge is 0.393 e. The molecule has 1 aromatic rings. The van der Waals surface area contributed by atoms with E-state index in [0.29, 0.717) is 23.5 Å². The molecule has 1 saturated heterocycles. The number of halogens is 1. The molecule has 1 unspecified atom stereocenters. The Hall–Kier alpha value is -1.42. The van der Waals surface area contributed by atoms with Crippen LogP contribution in [0.25, 0.3) is 0 Å². The van der Waals surface area contributed by atoms with Crippen molar-refractivity contribution in [2.24, 2.45) is 5.92 Å². The lowest BCUT2D eigenvalue weighted by Crippen LogP contribution is -2.37. The second-order valence-electron chi connectivity index (χ2n) is 4.89. The number of benzene rings is 1. The van der Waals surface area contributed by atoms with E-state index in [1.807, 2.05) is 4.90 Å². The fraction of sp³-hybridized carbons (Fsp3) is 0.500. The standard InChI is InChI=1S/C14H18FNO2/c1-10(18)12-4-6-16(7-5-12)14-3-2-11(9-17)8-13(14)15/h2-3,8-10,12,18H,4-7H2,1H3. The van der Waals surface area contributed by atoms with Crippen LogP contribution in [0.4, 0.5) is 10.1 Å². The lowest BCUT2D eigenvalue weighted by Gasteiger charge is -2.34. The number of hydrogen-bond acceptors (Lipinski definition) is 3. The van der Waals surface area contributed by atoms with Crippen LogP contribution in [-0.2, 0) is 0 Å². The van der Waals surface area contributed by atoms with Crippen LogP contribution in [0.3, 0.4) is 0 Å². The molecule has 0 bridgehead atoms. The van der Waals surface area contributed by atoms with E-state index in [1.54, 1.807) is 19.1 Å². The van der Waals surface area contributed by atoms with Crippen LogP contribution in [-0.4, -0.2) is 30.6 Å². The minimum Gasteiger partial charge on any atom is -0.393 e. The Bertz CT molecular complexity index is 426. The summed E-state index contributed by atoms with van der Waals surface area (Å²) in [5.41, 5.74) is 0.903. The fourth-order valence-electron chi connectivity index (χ4n) is 2.48. The highest BCUT2D eigenvalue weighted by Crippen LogP contribution is 2.27. The highest BCUT2D eigenvalue weighted by Gasteiger charge is 2.24. The lowest BCUT2D eigenvalue weighted by molar-refractivity contribution is 0.109. The molecule has 0 spiro atoms. The first-order valence-electron chi connectivity index (χ1n) is 6.29. The second kappa shape index (κ2) is 5.48. The molecule has 4 heteroatoms. The smallest absolute Gasteiger partial charge is 0.150 e. The van der Waals surface area contributed by atoms with Gasteiger partial charge in [0.15, 0.2) is 0 Å². The Labute approximate surface area is 106 Å². The number of hydrogen-bond donors (Lipinski definition) is 1. The Balaban J connectivity index is 2.07. The summed E-state index contributed by atoms with van der Waals surface area (Å²) >= 11 is 0. The maximum Gasteiger partial charge on any atom is 0.150 e. The van der Waals surface area contributed by atoms with Gasteiger partial charge in [0.2, 0.25) is 0 Å². The van der Waals surface area contributed by atoms with Gasteiger partial charge >= 0.3 is 0 Å². The molecule has 0 radical (unpaired) electrons. The second-order valence-corrected chi connectivity index (χ2v) is 4.89. The molecule has 0 amide bonds. The summed E-state index contributed by atoms with van der Waals surface area (Å²) < 4.78 is 13.8. The fourth-order valence-corrected chi connectivity index (χ4v) is 2.48. The van der Waals surface area contributed by atoms with E-state index in [1.165, 1.54) is 6.07 Å². The van der Waals surface area contributed by atoms with Crippen molar-refractivity contribution in [3.8, 4) is 0 Å². The SMILES string of the molecule is CC(O)C1CCN(c2ccc(C=O)cc2F)CC1. The van der Waals surface area contributed by atoms with E-state index >= 15 is 0 Å². The maximum atomic E-state index is 13.8. The first-order chi connectivity index (χ1) is 8.61. The molecule has 98 valence electrons. The molecule has 0 aliphatic carbocycles. The third-order valence-electron chi connectivity index (χ3n) is 3.67. The van der Waals surface area contributed by atoms with Gasteiger partial charge in [-0.05, 0) is 43.9 Å². The monoisotopic (exact) mass is 251 g/mol. The zero-order valence-electron chi connectivity index (χ0n) is 10.5. The normalized spacial score (nSPS) is 18.7. The van der Waals surface area contributed by atoms with Gasteiger partial charge in [-0.2, -0.15) is 0 Å². The predicted octanol–water partition coefficient (Wildman–Crippen LogP) is 2.24. The van der Waals surface area contributed by atoms with Crippen molar-refractivity contribution in [1.82, 2.24) is 0 Å². The molecular weight excluding hydrogens is 233 g/mol. The van der Waals surface area contributed by atoms with E-state index in [0.717, 1.165) is 25.9 Å². The first kappa shape index (κ1) is 13.0. The Morgan fingerprint density at radius 1 is 1.44 bits per heavy atom. The third-order valence-corrected chi connectivity index (χ3v) is 3.67. The number of piperidine rings is 1.